The number of hydrogen-bond donors (Lipinski definition) is 1. The number of para-hydroxylation sites is 1. The van der Waals surface area contributed by atoms with E-state index >= 15 is 0 Å². The Balaban J connectivity index is 1.85. The Hall–Kier alpha value is -2.40. The normalized spacial score (nSPS) is 10.4. The van der Waals surface area contributed by atoms with Crippen molar-refractivity contribution in [1.82, 2.24) is 4.98 Å². The molecule has 0 bridgehead atoms. The molecule has 0 aliphatic rings. The van der Waals surface area contributed by atoms with Crippen LogP contribution in [0.1, 0.15) is 15.4 Å². The summed E-state index contributed by atoms with van der Waals surface area (Å²) in [5.41, 5.74) is 1.47. The lowest BCUT2D eigenvalue weighted by atomic mass is 10.3. The lowest BCUT2D eigenvalue weighted by Gasteiger charge is -2.02. The molecule has 0 radical (unpaired) electrons. The number of furan rings is 1. The summed E-state index contributed by atoms with van der Waals surface area (Å²) in [6.45, 7) is 1.82. The molecule has 3 aromatic rings. The molecule has 0 saturated carbocycles. The average Bonchev–Trinajstić information content (AvgIpc) is 3.08. The summed E-state index contributed by atoms with van der Waals surface area (Å²) in [5, 5.41) is 3.57. The highest BCUT2D eigenvalue weighted by Crippen LogP contribution is 2.28. The van der Waals surface area contributed by atoms with E-state index in [1.165, 1.54) is 11.3 Å². The SMILES string of the molecule is Cc1nc(-c2ccco2)sc1C(=O)Nc1ccccc1. The molecule has 1 N–H and O–H groups in total. The molecule has 1 aromatic carbocycles. The zero-order valence-electron chi connectivity index (χ0n) is 10.8. The average molecular weight is 284 g/mol. The first-order valence-electron chi connectivity index (χ1n) is 6.12. The lowest BCUT2D eigenvalue weighted by molar-refractivity contribution is 0.103. The minimum absolute atomic E-state index is 0.149. The molecule has 0 fully saturated rings. The molecule has 0 atom stereocenters. The number of hydrogen-bond acceptors (Lipinski definition) is 4. The Kier molecular flexibility index (Phi) is 3.35. The minimum atomic E-state index is -0.149. The maximum Gasteiger partial charge on any atom is 0.267 e. The number of anilines is 1. The van der Waals surface area contributed by atoms with Gasteiger partial charge in [0.25, 0.3) is 5.91 Å². The van der Waals surface area contributed by atoms with Crippen LogP contribution in [0.5, 0.6) is 0 Å². The van der Waals surface area contributed by atoms with Gasteiger partial charge in [0.05, 0.1) is 12.0 Å². The highest BCUT2D eigenvalue weighted by Gasteiger charge is 2.17. The van der Waals surface area contributed by atoms with E-state index in [0.717, 1.165) is 5.69 Å². The van der Waals surface area contributed by atoms with Gasteiger partial charge in [-0.05, 0) is 31.2 Å². The topological polar surface area (TPSA) is 55.1 Å². The second kappa shape index (κ2) is 5.30. The van der Waals surface area contributed by atoms with Crippen molar-refractivity contribution in [1.29, 1.82) is 0 Å². The first-order valence-corrected chi connectivity index (χ1v) is 6.93. The van der Waals surface area contributed by atoms with Gasteiger partial charge in [-0.15, -0.1) is 11.3 Å². The first-order chi connectivity index (χ1) is 9.74. The van der Waals surface area contributed by atoms with Gasteiger partial charge in [0.2, 0.25) is 0 Å². The Morgan fingerprint density at radius 1 is 1.20 bits per heavy atom. The second-order valence-electron chi connectivity index (χ2n) is 4.23. The van der Waals surface area contributed by atoms with Crippen LogP contribution in [-0.2, 0) is 0 Å². The molecular weight excluding hydrogens is 272 g/mol. The van der Waals surface area contributed by atoms with Crippen LogP contribution in [-0.4, -0.2) is 10.9 Å². The molecule has 0 saturated heterocycles. The Labute approximate surface area is 120 Å². The van der Waals surface area contributed by atoms with Gasteiger partial charge in [0, 0.05) is 5.69 Å². The van der Waals surface area contributed by atoms with E-state index in [1.54, 1.807) is 12.3 Å². The molecular formula is C15H12N2O2S. The maximum absolute atomic E-state index is 12.2. The zero-order chi connectivity index (χ0) is 13.9. The van der Waals surface area contributed by atoms with E-state index < -0.39 is 0 Å². The summed E-state index contributed by atoms with van der Waals surface area (Å²) in [6, 6.07) is 13.0. The number of aromatic nitrogens is 1. The van der Waals surface area contributed by atoms with Crippen molar-refractivity contribution in [2.75, 3.05) is 5.32 Å². The number of nitrogens with zero attached hydrogens (tertiary/aromatic N) is 1. The third-order valence-electron chi connectivity index (χ3n) is 2.77. The number of carbonyl (C=O) groups excluding carboxylic acids is 1. The molecule has 0 aliphatic carbocycles. The fourth-order valence-corrected chi connectivity index (χ4v) is 2.75. The van der Waals surface area contributed by atoms with Crippen LogP contribution in [0.3, 0.4) is 0 Å². The van der Waals surface area contributed by atoms with Crippen LogP contribution in [0.4, 0.5) is 5.69 Å². The molecule has 5 heteroatoms. The van der Waals surface area contributed by atoms with Crippen molar-refractivity contribution < 1.29 is 9.21 Å². The molecule has 3 rings (SSSR count). The number of benzene rings is 1. The Bertz CT molecular complexity index is 718. The number of nitrogens with one attached hydrogen (secondary N) is 1. The van der Waals surface area contributed by atoms with Gasteiger partial charge in [-0.2, -0.15) is 0 Å². The largest absolute Gasteiger partial charge is 0.462 e. The molecule has 0 unspecified atom stereocenters. The second-order valence-corrected chi connectivity index (χ2v) is 5.23. The van der Waals surface area contributed by atoms with Crippen molar-refractivity contribution in [2.24, 2.45) is 0 Å². The predicted octanol–water partition coefficient (Wildman–Crippen LogP) is 3.96. The van der Waals surface area contributed by atoms with Crippen LogP contribution in [0.15, 0.2) is 53.1 Å². The monoisotopic (exact) mass is 284 g/mol. The molecule has 0 aliphatic heterocycles. The minimum Gasteiger partial charge on any atom is -0.462 e. The fraction of sp³-hybridized carbons (Fsp3) is 0.0667. The summed E-state index contributed by atoms with van der Waals surface area (Å²) in [7, 11) is 0. The van der Waals surface area contributed by atoms with Crippen LogP contribution in [0, 0.1) is 6.92 Å². The van der Waals surface area contributed by atoms with Crippen molar-refractivity contribution in [3.63, 3.8) is 0 Å². The Morgan fingerprint density at radius 2 is 2.00 bits per heavy atom. The van der Waals surface area contributed by atoms with Gasteiger partial charge in [-0.25, -0.2) is 4.98 Å². The van der Waals surface area contributed by atoms with Crippen molar-refractivity contribution in [3.8, 4) is 10.8 Å². The third-order valence-corrected chi connectivity index (χ3v) is 3.94. The van der Waals surface area contributed by atoms with Gasteiger partial charge in [0.15, 0.2) is 10.8 Å². The van der Waals surface area contributed by atoms with E-state index in [4.69, 9.17) is 4.42 Å². The number of thiazole rings is 1. The highest BCUT2D eigenvalue weighted by molar-refractivity contribution is 7.17. The fourth-order valence-electron chi connectivity index (χ4n) is 1.82. The summed E-state index contributed by atoms with van der Waals surface area (Å²) < 4.78 is 5.30. The molecule has 2 heterocycles. The van der Waals surface area contributed by atoms with Gasteiger partial charge in [-0.3, -0.25) is 4.79 Å². The lowest BCUT2D eigenvalue weighted by Crippen LogP contribution is -2.11. The molecule has 20 heavy (non-hydrogen) atoms. The van der Waals surface area contributed by atoms with Crippen LogP contribution in [0.2, 0.25) is 0 Å². The molecule has 4 nitrogen and oxygen atoms in total. The molecule has 2 aromatic heterocycles. The van der Waals surface area contributed by atoms with E-state index in [1.807, 2.05) is 43.3 Å². The maximum atomic E-state index is 12.2. The van der Waals surface area contributed by atoms with Gasteiger partial charge in [-0.1, -0.05) is 18.2 Å². The highest BCUT2D eigenvalue weighted by atomic mass is 32.1. The summed E-state index contributed by atoms with van der Waals surface area (Å²) in [5.74, 6) is 0.529. The smallest absolute Gasteiger partial charge is 0.267 e. The zero-order valence-corrected chi connectivity index (χ0v) is 11.6. The van der Waals surface area contributed by atoms with E-state index in [9.17, 15) is 4.79 Å². The van der Waals surface area contributed by atoms with Crippen molar-refractivity contribution in [2.45, 2.75) is 6.92 Å². The van der Waals surface area contributed by atoms with Crippen LogP contribution < -0.4 is 5.32 Å². The van der Waals surface area contributed by atoms with Gasteiger partial charge < -0.3 is 9.73 Å². The number of amides is 1. The van der Waals surface area contributed by atoms with Gasteiger partial charge >= 0.3 is 0 Å². The molecule has 100 valence electrons. The third kappa shape index (κ3) is 2.48. The number of aryl methyl sites for hydroxylation is 1. The summed E-state index contributed by atoms with van der Waals surface area (Å²) in [4.78, 5) is 17.2. The van der Waals surface area contributed by atoms with Gasteiger partial charge in [0.1, 0.15) is 4.88 Å². The molecule has 1 amide bonds. The number of carbonyl (C=O) groups is 1. The first kappa shape index (κ1) is 12.6. The predicted molar refractivity (Wildman–Crippen MR) is 78.9 cm³/mol. The van der Waals surface area contributed by atoms with Crippen LogP contribution in [0.25, 0.3) is 10.8 Å². The summed E-state index contributed by atoms with van der Waals surface area (Å²) in [6.07, 6.45) is 1.59. The number of rotatable bonds is 3. The van der Waals surface area contributed by atoms with E-state index in [0.29, 0.717) is 21.3 Å². The van der Waals surface area contributed by atoms with Crippen molar-refractivity contribution >= 4 is 22.9 Å². The van der Waals surface area contributed by atoms with E-state index in [-0.39, 0.29) is 5.91 Å². The Morgan fingerprint density at radius 3 is 2.70 bits per heavy atom. The molecule has 0 spiro atoms. The quantitative estimate of drug-likeness (QED) is 0.792. The van der Waals surface area contributed by atoms with Crippen LogP contribution >= 0.6 is 11.3 Å². The standard InChI is InChI=1S/C15H12N2O2S/c1-10-13(14(18)17-11-6-3-2-4-7-11)20-15(16-10)12-8-5-9-19-12/h2-9H,1H3,(H,17,18). The van der Waals surface area contributed by atoms with E-state index in [2.05, 4.69) is 10.3 Å². The summed E-state index contributed by atoms with van der Waals surface area (Å²) >= 11 is 1.33. The van der Waals surface area contributed by atoms with Crippen molar-refractivity contribution in [3.05, 3.63) is 59.3 Å².